The van der Waals surface area contributed by atoms with Crippen molar-refractivity contribution in [3.63, 3.8) is 0 Å². The van der Waals surface area contributed by atoms with Gasteiger partial charge in [0.1, 0.15) is 6.67 Å². The second-order valence-corrected chi connectivity index (χ2v) is 3.20. The third kappa shape index (κ3) is 1.75. The van der Waals surface area contributed by atoms with Gasteiger partial charge in [-0.05, 0) is 19.9 Å². The van der Waals surface area contributed by atoms with E-state index >= 15 is 0 Å². The highest BCUT2D eigenvalue weighted by Crippen LogP contribution is 2.23. The summed E-state index contributed by atoms with van der Waals surface area (Å²) in [6.45, 7) is 2.53. The van der Waals surface area contributed by atoms with Gasteiger partial charge in [0.2, 0.25) is 0 Å². The van der Waals surface area contributed by atoms with E-state index in [1.165, 1.54) is 0 Å². The highest BCUT2D eigenvalue weighted by atomic mass is 19.1. The number of carbonyl (C=O) groups is 1. The molecule has 0 amide bonds. The lowest BCUT2D eigenvalue weighted by Gasteiger charge is -2.21. The van der Waals surface area contributed by atoms with E-state index in [9.17, 15) is 9.18 Å². The largest absolute Gasteiger partial charge is 0.481 e. The van der Waals surface area contributed by atoms with Gasteiger partial charge >= 0.3 is 5.97 Å². The van der Waals surface area contributed by atoms with Gasteiger partial charge in [-0.25, -0.2) is 4.39 Å². The predicted molar refractivity (Wildman–Crippen MR) is 42.8 cm³/mol. The molecule has 1 N–H and O–H groups in total. The molecule has 1 aliphatic heterocycles. The van der Waals surface area contributed by atoms with Gasteiger partial charge < -0.3 is 5.11 Å². The van der Waals surface area contributed by atoms with E-state index in [1.54, 1.807) is 0 Å². The van der Waals surface area contributed by atoms with Gasteiger partial charge in [-0.15, -0.1) is 0 Å². The molecule has 0 saturated carbocycles. The molecular formula is C8H14FNO2. The van der Waals surface area contributed by atoms with Crippen LogP contribution in [0.4, 0.5) is 4.39 Å². The van der Waals surface area contributed by atoms with Gasteiger partial charge in [0.05, 0.1) is 5.92 Å². The molecule has 0 bridgehead atoms. The van der Waals surface area contributed by atoms with E-state index in [-0.39, 0.29) is 12.0 Å². The van der Waals surface area contributed by atoms with Crippen LogP contribution in [0.5, 0.6) is 0 Å². The Morgan fingerprint density at radius 3 is 2.83 bits per heavy atom. The van der Waals surface area contributed by atoms with E-state index in [4.69, 9.17) is 5.11 Å². The summed E-state index contributed by atoms with van der Waals surface area (Å²) in [7, 11) is 0. The second-order valence-electron chi connectivity index (χ2n) is 3.20. The summed E-state index contributed by atoms with van der Waals surface area (Å²) in [5, 5.41) is 8.75. The van der Waals surface area contributed by atoms with Gasteiger partial charge in [0.25, 0.3) is 0 Å². The van der Waals surface area contributed by atoms with Crippen LogP contribution in [0.15, 0.2) is 0 Å². The minimum atomic E-state index is -0.760. The molecule has 3 nitrogen and oxygen atoms in total. The molecule has 4 heteroatoms. The lowest BCUT2D eigenvalue weighted by molar-refractivity contribution is -0.142. The third-order valence-electron chi connectivity index (χ3n) is 2.57. The number of carboxylic acid groups (broad SMARTS) is 1. The summed E-state index contributed by atoms with van der Waals surface area (Å²) in [6.07, 6.45) is 0.649. The summed E-state index contributed by atoms with van der Waals surface area (Å²) in [6, 6.07) is -0.0155. The average Bonchev–Trinajstić information content (AvgIpc) is 2.34. The molecular weight excluding hydrogens is 161 g/mol. The molecule has 1 aliphatic rings. The molecule has 2 atom stereocenters. The van der Waals surface area contributed by atoms with Gasteiger partial charge in [0, 0.05) is 12.6 Å². The van der Waals surface area contributed by atoms with Crippen molar-refractivity contribution in [2.45, 2.75) is 19.4 Å². The van der Waals surface area contributed by atoms with Crippen LogP contribution in [0.25, 0.3) is 0 Å². The molecule has 0 aromatic rings. The Hall–Kier alpha value is -0.640. The second kappa shape index (κ2) is 3.85. The van der Waals surface area contributed by atoms with Crippen molar-refractivity contribution < 1.29 is 14.3 Å². The smallest absolute Gasteiger partial charge is 0.308 e. The topological polar surface area (TPSA) is 40.5 Å². The molecule has 0 aliphatic carbocycles. The molecule has 0 radical (unpaired) electrons. The maximum atomic E-state index is 12.0. The van der Waals surface area contributed by atoms with Crippen LogP contribution in [-0.2, 0) is 4.79 Å². The zero-order valence-electron chi connectivity index (χ0n) is 7.16. The van der Waals surface area contributed by atoms with Gasteiger partial charge in [-0.2, -0.15) is 0 Å². The fourth-order valence-electron chi connectivity index (χ4n) is 1.76. The number of alkyl halides is 1. The quantitative estimate of drug-likeness (QED) is 0.688. The van der Waals surface area contributed by atoms with Gasteiger partial charge in [-0.1, -0.05) is 0 Å². The van der Waals surface area contributed by atoms with E-state index in [1.807, 2.05) is 11.8 Å². The number of hydrogen-bond donors (Lipinski definition) is 1. The number of aliphatic carboxylic acids is 1. The Labute approximate surface area is 71.2 Å². The zero-order chi connectivity index (χ0) is 9.14. The van der Waals surface area contributed by atoms with Crippen LogP contribution >= 0.6 is 0 Å². The van der Waals surface area contributed by atoms with Crippen LogP contribution in [0.3, 0.4) is 0 Å². The molecule has 1 rings (SSSR count). The van der Waals surface area contributed by atoms with Crippen LogP contribution in [-0.4, -0.2) is 41.8 Å². The molecule has 1 heterocycles. The number of rotatable bonds is 3. The highest BCUT2D eigenvalue weighted by Gasteiger charge is 2.34. The van der Waals surface area contributed by atoms with Crippen molar-refractivity contribution in [3.05, 3.63) is 0 Å². The Kier molecular flexibility index (Phi) is 3.03. The summed E-state index contributed by atoms with van der Waals surface area (Å²) in [5.41, 5.74) is 0. The third-order valence-corrected chi connectivity index (χ3v) is 2.57. The Morgan fingerprint density at radius 2 is 2.42 bits per heavy atom. The number of carboxylic acids is 1. The Bertz CT molecular complexity index is 174. The molecule has 0 aromatic heterocycles. The molecule has 2 unspecified atom stereocenters. The molecule has 0 spiro atoms. The average molecular weight is 175 g/mol. The molecule has 1 fully saturated rings. The van der Waals surface area contributed by atoms with Crippen molar-refractivity contribution >= 4 is 5.97 Å². The van der Waals surface area contributed by atoms with E-state index < -0.39 is 12.6 Å². The number of hydrogen-bond acceptors (Lipinski definition) is 2. The van der Waals surface area contributed by atoms with Crippen LogP contribution in [0, 0.1) is 5.92 Å². The van der Waals surface area contributed by atoms with E-state index in [0.717, 1.165) is 0 Å². The first-order valence-electron chi connectivity index (χ1n) is 4.19. The van der Waals surface area contributed by atoms with E-state index in [0.29, 0.717) is 19.5 Å². The summed E-state index contributed by atoms with van der Waals surface area (Å²) in [4.78, 5) is 12.5. The van der Waals surface area contributed by atoms with Crippen LogP contribution in [0.2, 0.25) is 0 Å². The molecule has 12 heavy (non-hydrogen) atoms. The first-order chi connectivity index (χ1) is 5.66. The van der Waals surface area contributed by atoms with Crippen molar-refractivity contribution in [1.29, 1.82) is 0 Å². The minimum Gasteiger partial charge on any atom is -0.481 e. The predicted octanol–water partition coefficient (Wildman–Crippen LogP) is 0.751. The maximum Gasteiger partial charge on any atom is 0.308 e. The first kappa shape index (κ1) is 9.45. The summed E-state index contributed by atoms with van der Waals surface area (Å²) in [5.74, 6) is -1.07. The molecule has 0 aromatic carbocycles. The SMILES string of the molecule is CC1C(C(=O)O)CCN1CCF. The number of likely N-dealkylation sites (tertiary alicyclic amines) is 1. The lowest BCUT2D eigenvalue weighted by atomic mass is 10.0. The summed E-state index contributed by atoms with van der Waals surface area (Å²) >= 11 is 0. The minimum absolute atomic E-state index is 0.0155. The van der Waals surface area contributed by atoms with Crippen LogP contribution in [0.1, 0.15) is 13.3 Å². The number of nitrogens with zero attached hydrogens (tertiary/aromatic N) is 1. The maximum absolute atomic E-state index is 12.0. The zero-order valence-corrected chi connectivity index (χ0v) is 7.16. The Balaban J connectivity index is 2.48. The van der Waals surface area contributed by atoms with Crippen molar-refractivity contribution in [2.75, 3.05) is 19.8 Å². The number of halogens is 1. The highest BCUT2D eigenvalue weighted by molar-refractivity contribution is 5.71. The summed E-state index contributed by atoms with van der Waals surface area (Å²) < 4.78 is 12.0. The normalized spacial score (nSPS) is 30.8. The Morgan fingerprint density at radius 1 is 1.75 bits per heavy atom. The molecule has 1 saturated heterocycles. The van der Waals surface area contributed by atoms with Gasteiger partial charge in [-0.3, -0.25) is 9.69 Å². The molecule has 70 valence electrons. The fourth-order valence-corrected chi connectivity index (χ4v) is 1.76. The van der Waals surface area contributed by atoms with Crippen molar-refractivity contribution in [2.24, 2.45) is 5.92 Å². The lowest BCUT2D eigenvalue weighted by Crippen LogP contribution is -2.34. The fraction of sp³-hybridized carbons (Fsp3) is 0.875. The first-order valence-corrected chi connectivity index (χ1v) is 4.19. The van der Waals surface area contributed by atoms with Crippen molar-refractivity contribution in [3.8, 4) is 0 Å². The van der Waals surface area contributed by atoms with Crippen LogP contribution < -0.4 is 0 Å². The van der Waals surface area contributed by atoms with Gasteiger partial charge in [0.15, 0.2) is 0 Å². The van der Waals surface area contributed by atoms with Crippen molar-refractivity contribution in [1.82, 2.24) is 4.90 Å². The standard InChI is InChI=1S/C8H14FNO2/c1-6-7(8(11)12)2-4-10(6)5-3-9/h6-7H,2-5H2,1H3,(H,11,12). The van der Waals surface area contributed by atoms with E-state index in [2.05, 4.69) is 0 Å². The monoisotopic (exact) mass is 175 g/mol.